The van der Waals surface area contributed by atoms with Gasteiger partial charge < -0.3 is 5.11 Å². The second-order valence-electron chi connectivity index (χ2n) is 4.45. The molecule has 1 rings (SSSR count). The Balaban J connectivity index is 3.01. The molecular weight excluding hydrogens is 272 g/mol. The van der Waals surface area contributed by atoms with Crippen molar-refractivity contribution in [3.05, 3.63) is 18.0 Å². The first-order chi connectivity index (χ1) is 8.65. The Morgan fingerprint density at radius 3 is 2.47 bits per heavy atom. The lowest BCUT2D eigenvalue weighted by molar-refractivity contribution is -0.139. The van der Waals surface area contributed by atoms with Gasteiger partial charge in [0, 0.05) is 31.9 Å². The first-order valence-corrected chi connectivity index (χ1v) is 7.05. The van der Waals surface area contributed by atoms with Crippen molar-refractivity contribution in [3.8, 4) is 0 Å². The van der Waals surface area contributed by atoms with Crippen LogP contribution < -0.4 is 4.72 Å². The van der Waals surface area contributed by atoms with E-state index in [0.29, 0.717) is 0 Å². The van der Waals surface area contributed by atoms with Gasteiger partial charge in [-0.3, -0.25) is 9.48 Å². The molecule has 2 N–H and O–H groups in total. The summed E-state index contributed by atoms with van der Waals surface area (Å²) in [6, 6.07) is -1.64. The number of hydrogen-bond acceptors (Lipinski definition) is 4. The van der Waals surface area contributed by atoms with Gasteiger partial charge in [-0.15, -0.1) is 0 Å². The second-order valence-corrected chi connectivity index (χ2v) is 6.21. The molecule has 1 heterocycles. The Morgan fingerprint density at radius 2 is 2.11 bits per heavy atom. The molecule has 1 atom stereocenters. The highest BCUT2D eigenvalue weighted by atomic mass is 32.2. The van der Waals surface area contributed by atoms with Gasteiger partial charge in [-0.05, 0) is 13.8 Å². The summed E-state index contributed by atoms with van der Waals surface area (Å²) in [5.74, 6) is -1.28. The maximum Gasteiger partial charge on any atom is 0.326 e. The van der Waals surface area contributed by atoms with Crippen LogP contribution in [0.4, 0.5) is 0 Å². The summed E-state index contributed by atoms with van der Waals surface area (Å²) >= 11 is 0. The van der Waals surface area contributed by atoms with Crippen LogP contribution in [0.5, 0.6) is 0 Å². The van der Waals surface area contributed by atoms with Gasteiger partial charge in [0.2, 0.25) is 0 Å². The van der Waals surface area contributed by atoms with E-state index in [2.05, 4.69) is 9.82 Å². The van der Waals surface area contributed by atoms with E-state index in [4.69, 9.17) is 5.11 Å². The van der Waals surface area contributed by atoms with Crippen molar-refractivity contribution >= 4 is 16.2 Å². The molecule has 1 aromatic rings. The zero-order chi connectivity index (χ0) is 14.8. The van der Waals surface area contributed by atoms with E-state index < -0.39 is 22.2 Å². The van der Waals surface area contributed by atoms with Crippen molar-refractivity contribution in [2.45, 2.75) is 25.9 Å². The molecule has 8 nitrogen and oxygen atoms in total. The van der Waals surface area contributed by atoms with Gasteiger partial charge in [-0.1, -0.05) is 0 Å². The summed E-state index contributed by atoms with van der Waals surface area (Å²) in [7, 11) is -0.871. The van der Waals surface area contributed by atoms with Crippen molar-refractivity contribution < 1.29 is 18.3 Å². The first kappa shape index (κ1) is 15.6. The molecule has 19 heavy (non-hydrogen) atoms. The minimum Gasteiger partial charge on any atom is -0.480 e. The molecule has 9 heteroatoms. The number of carboxylic acid groups (broad SMARTS) is 1. The molecule has 108 valence electrons. The number of carboxylic acids is 1. The number of carbonyl (C=O) groups is 1. The van der Waals surface area contributed by atoms with Gasteiger partial charge in [0.25, 0.3) is 10.2 Å². The average Bonchev–Trinajstić information content (AvgIpc) is 2.71. The summed E-state index contributed by atoms with van der Waals surface area (Å²) in [5, 5.41) is 13.0. The maximum absolute atomic E-state index is 12.0. The van der Waals surface area contributed by atoms with Gasteiger partial charge >= 0.3 is 5.97 Å². The van der Waals surface area contributed by atoms with Crippen LogP contribution in [0, 0.1) is 0 Å². The molecule has 0 aliphatic rings. The molecule has 0 radical (unpaired) electrons. The van der Waals surface area contributed by atoms with E-state index in [-0.39, 0.29) is 11.6 Å². The average molecular weight is 290 g/mol. The zero-order valence-corrected chi connectivity index (χ0v) is 12.0. The smallest absolute Gasteiger partial charge is 0.326 e. The lowest BCUT2D eigenvalue weighted by Crippen LogP contribution is -2.45. The molecular formula is C10H18N4O4S. The van der Waals surface area contributed by atoms with Crippen molar-refractivity contribution in [2.75, 3.05) is 7.05 Å². The number of aliphatic carboxylic acids is 1. The van der Waals surface area contributed by atoms with Crippen LogP contribution >= 0.6 is 0 Å². The van der Waals surface area contributed by atoms with Crippen LogP contribution in [0.1, 0.15) is 25.5 Å². The Kier molecular flexibility index (Phi) is 4.66. The number of rotatable bonds is 6. The summed E-state index contributed by atoms with van der Waals surface area (Å²) in [6.07, 6.45) is 2.77. The molecule has 0 saturated carbocycles. The predicted molar refractivity (Wildman–Crippen MR) is 68.5 cm³/mol. The lowest BCUT2D eigenvalue weighted by Gasteiger charge is -2.23. The highest BCUT2D eigenvalue weighted by Crippen LogP contribution is 2.15. The standard InChI is InChI=1S/C10H18N4O4S/c1-7(2)14(4)19(17,18)12-9(10(15)16)8-5-11-13(3)6-8/h5-7,9,12H,1-4H3,(H,15,16). The Labute approximate surface area is 112 Å². The van der Waals surface area contributed by atoms with E-state index in [1.165, 1.54) is 24.1 Å². The van der Waals surface area contributed by atoms with Crippen LogP contribution in [-0.2, 0) is 22.1 Å². The third-order valence-electron chi connectivity index (χ3n) is 2.68. The topological polar surface area (TPSA) is 105 Å². The minimum atomic E-state index is -3.88. The van der Waals surface area contributed by atoms with Crippen molar-refractivity contribution in [1.29, 1.82) is 0 Å². The third kappa shape index (κ3) is 3.75. The molecule has 0 aliphatic heterocycles. The van der Waals surface area contributed by atoms with Crippen LogP contribution in [0.15, 0.2) is 12.4 Å². The van der Waals surface area contributed by atoms with Crippen LogP contribution in [0.3, 0.4) is 0 Å². The molecule has 0 bridgehead atoms. The quantitative estimate of drug-likeness (QED) is 0.750. The Hall–Kier alpha value is -1.45. The molecule has 0 aromatic carbocycles. The third-order valence-corrected chi connectivity index (χ3v) is 4.39. The highest BCUT2D eigenvalue weighted by molar-refractivity contribution is 7.87. The fourth-order valence-corrected chi connectivity index (χ4v) is 2.62. The number of hydrogen-bond donors (Lipinski definition) is 2. The van der Waals surface area contributed by atoms with E-state index in [1.807, 2.05) is 0 Å². The maximum atomic E-state index is 12.0. The van der Waals surface area contributed by atoms with Gasteiger partial charge in [0.05, 0.1) is 6.20 Å². The number of aryl methyl sites for hydroxylation is 1. The molecule has 0 aliphatic carbocycles. The van der Waals surface area contributed by atoms with Gasteiger partial charge in [-0.2, -0.15) is 22.5 Å². The van der Waals surface area contributed by atoms with Gasteiger partial charge in [0.15, 0.2) is 0 Å². The fourth-order valence-electron chi connectivity index (χ4n) is 1.36. The van der Waals surface area contributed by atoms with Crippen molar-refractivity contribution in [2.24, 2.45) is 7.05 Å². The van der Waals surface area contributed by atoms with E-state index in [0.717, 1.165) is 4.31 Å². The predicted octanol–water partition coefficient (Wildman–Crippen LogP) is -0.280. The van der Waals surface area contributed by atoms with Crippen molar-refractivity contribution in [3.63, 3.8) is 0 Å². The molecule has 0 fully saturated rings. The van der Waals surface area contributed by atoms with Crippen LogP contribution in [0.25, 0.3) is 0 Å². The molecule has 1 aromatic heterocycles. The van der Waals surface area contributed by atoms with Crippen LogP contribution in [-0.4, -0.2) is 46.7 Å². The largest absolute Gasteiger partial charge is 0.480 e. The molecule has 0 saturated heterocycles. The van der Waals surface area contributed by atoms with Crippen LogP contribution in [0.2, 0.25) is 0 Å². The van der Waals surface area contributed by atoms with E-state index in [1.54, 1.807) is 20.9 Å². The van der Waals surface area contributed by atoms with E-state index >= 15 is 0 Å². The van der Waals surface area contributed by atoms with Crippen molar-refractivity contribution in [1.82, 2.24) is 18.8 Å². The lowest BCUT2D eigenvalue weighted by atomic mass is 10.2. The Morgan fingerprint density at radius 1 is 1.53 bits per heavy atom. The number of aromatic nitrogens is 2. The molecule has 0 spiro atoms. The number of nitrogens with one attached hydrogen (secondary N) is 1. The highest BCUT2D eigenvalue weighted by Gasteiger charge is 2.30. The monoisotopic (exact) mass is 290 g/mol. The molecule has 1 unspecified atom stereocenters. The summed E-state index contributed by atoms with van der Waals surface area (Å²) in [4.78, 5) is 11.2. The fraction of sp³-hybridized carbons (Fsp3) is 0.600. The summed E-state index contributed by atoms with van der Waals surface area (Å²) in [5.41, 5.74) is 0.274. The van der Waals surface area contributed by atoms with Gasteiger partial charge in [0.1, 0.15) is 6.04 Å². The summed E-state index contributed by atoms with van der Waals surface area (Å²) < 4.78 is 28.6. The number of nitrogens with zero attached hydrogens (tertiary/aromatic N) is 3. The first-order valence-electron chi connectivity index (χ1n) is 5.61. The van der Waals surface area contributed by atoms with Gasteiger partial charge in [-0.25, -0.2) is 0 Å². The van der Waals surface area contributed by atoms with E-state index in [9.17, 15) is 13.2 Å². The minimum absolute atomic E-state index is 0.274. The normalized spacial score (nSPS) is 14.0. The Bertz CT molecular complexity index is 552. The second kappa shape index (κ2) is 5.68. The zero-order valence-electron chi connectivity index (χ0n) is 11.2. The molecule has 0 amide bonds. The summed E-state index contributed by atoms with van der Waals surface area (Å²) in [6.45, 7) is 3.39. The SMILES string of the molecule is CC(C)N(C)S(=O)(=O)NC(C(=O)O)c1cnn(C)c1.